The second-order valence-electron chi connectivity index (χ2n) is 6.71. The fraction of sp³-hybridized carbons (Fsp3) is 0.333. The monoisotopic (exact) mass is 369 g/mol. The van der Waals surface area contributed by atoms with E-state index in [2.05, 4.69) is 0 Å². The molecule has 0 saturated carbocycles. The maximum Gasteiger partial charge on any atom is 0.290 e. The minimum absolute atomic E-state index is 0.0888. The first kappa shape index (κ1) is 18.8. The summed E-state index contributed by atoms with van der Waals surface area (Å²) >= 11 is 0. The molecule has 0 saturated heterocycles. The molecule has 1 unspecified atom stereocenters. The molecule has 0 radical (unpaired) electrons. The fourth-order valence-electron chi connectivity index (χ4n) is 3.22. The molecule has 1 aliphatic heterocycles. The Bertz CT molecular complexity index is 866. The number of aliphatic hydroxyl groups excluding tert-OH is 1. The third-order valence-corrected chi connectivity index (χ3v) is 4.47. The zero-order chi connectivity index (χ0) is 19.6. The lowest BCUT2D eigenvalue weighted by Crippen LogP contribution is -2.30. The highest BCUT2D eigenvalue weighted by molar-refractivity contribution is 6.09. The van der Waals surface area contributed by atoms with Gasteiger partial charge in [0.05, 0.1) is 18.4 Å². The number of amides is 1. The number of carbonyl (C=O) groups is 2. The van der Waals surface area contributed by atoms with Crippen molar-refractivity contribution in [3.8, 4) is 5.75 Å². The van der Waals surface area contributed by atoms with Gasteiger partial charge in [-0.05, 0) is 36.8 Å². The topological polar surface area (TPSA) is 80.0 Å². The molecule has 0 spiro atoms. The lowest BCUT2D eigenvalue weighted by Gasteiger charge is -2.25. The van der Waals surface area contributed by atoms with E-state index in [0.29, 0.717) is 18.1 Å². The van der Waals surface area contributed by atoms with Gasteiger partial charge in [-0.2, -0.15) is 0 Å². The molecule has 1 aromatic heterocycles. The van der Waals surface area contributed by atoms with Crippen LogP contribution in [0.2, 0.25) is 0 Å². The van der Waals surface area contributed by atoms with Crippen LogP contribution in [0.3, 0.4) is 0 Å². The van der Waals surface area contributed by atoms with Gasteiger partial charge in [0.25, 0.3) is 5.91 Å². The number of aliphatic hydroxyl groups is 1. The summed E-state index contributed by atoms with van der Waals surface area (Å²) in [6.45, 7) is 6.12. The van der Waals surface area contributed by atoms with Crippen LogP contribution in [0.15, 0.2) is 58.4 Å². The Morgan fingerprint density at radius 3 is 2.70 bits per heavy atom. The van der Waals surface area contributed by atoms with E-state index in [0.717, 1.165) is 5.56 Å². The summed E-state index contributed by atoms with van der Waals surface area (Å²) in [5.41, 5.74) is 0.919. The molecule has 3 rings (SSSR count). The molecule has 6 nitrogen and oxygen atoms in total. The van der Waals surface area contributed by atoms with Crippen LogP contribution in [0, 0.1) is 5.92 Å². The number of hydrogen-bond acceptors (Lipinski definition) is 5. The molecule has 27 heavy (non-hydrogen) atoms. The van der Waals surface area contributed by atoms with Crippen LogP contribution in [0.1, 0.15) is 38.1 Å². The fourth-order valence-corrected chi connectivity index (χ4v) is 3.22. The summed E-state index contributed by atoms with van der Waals surface area (Å²) in [6, 6.07) is 10.0. The number of furan rings is 1. The molecule has 1 aromatic carbocycles. The first-order chi connectivity index (χ1) is 12.9. The number of rotatable bonds is 7. The average molecular weight is 369 g/mol. The first-order valence-corrected chi connectivity index (χ1v) is 8.97. The number of hydrogen-bond donors (Lipinski definition) is 1. The molecule has 1 amide bonds. The molecule has 0 aliphatic carbocycles. The quantitative estimate of drug-likeness (QED) is 0.803. The van der Waals surface area contributed by atoms with Crippen LogP contribution in [0.25, 0.3) is 0 Å². The van der Waals surface area contributed by atoms with Crippen molar-refractivity contribution in [2.75, 3.05) is 6.61 Å². The van der Waals surface area contributed by atoms with Crippen molar-refractivity contribution in [1.29, 1.82) is 0 Å². The predicted octanol–water partition coefficient (Wildman–Crippen LogP) is 3.80. The number of nitrogens with zero attached hydrogens (tertiary/aromatic N) is 1. The summed E-state index contributed by atoms with van der Waals surface area (Å²) in [7, 11) is 0. The van der Waals surface area contributed by atoms with Crippen molar-refractivity contribution < 1.29 is 23.8 Å². The highest BCUT2D eigenvalue weighted by Crippen LogP contribution is 2.40. The maximum absolute atomic E-state index is 12.8. The van der Waals surface area contributed by atoms with Crippen LogP contribution >= 0.6 is 0 Å². The van der Waals surface area contributed by atoms with Gasteiger partial charge >= 0.3 is 0 Å². The van der Waals surface area contributed by atoms with Crippen molar-refractivity contribution in [2.24, 2.45) is 5.92 Å². The summed E-state index contributed by atoms with van der Waals surface area (Å²) in [4.78, 5) is 26.9. The highest BCUT2D eigenvalue weighted by atomic mass is 16.5. The third kappa shape index (κ3) is 3.60. The molecule has 1 aliphatic rings. The van der Waals surface area contributed by atoms with Crippen molar-refractivity contribution in [2.45, 2.75) is 33.4 Å². The van der Waals surface area contributed by atoms with Gasteiger partial charge in [0.1, 0.15) is 17.6 Å². The van der Waals surface area contributed by atoms with Gasteiger partial charge in [-0.25, -0.2) is 0 Å². The van der Waals surface area contributed by atoms with Gasteiger partial charge in [0.2, 0.25) is 0 Å². The normalized spacial score (nSPS) is 17.1. The third-order valence-electron chi connectivity index (χ3n) is 4.47. The van der Waals surface area contributed by atoms with Crippen LogP contribution in [0.5, 0.6) is 5.75 Å². The minimum Gasteiger partial charge on any atom is -0.503 e. The molecule has 2 heterocycles. The van der Waals surface area contributed by atoms with Crippen LogP contribution < -0.4 is 4.74 Å². The Morgan fingerprint density at radius 2 is 2.07 bits per heavy atom. The summed E-state index contributed by atoms with van der Waals surface area (Å²) in [5.74, 6) is -0.566. The van der Waals surface area contributed by atoms with E-state index in [9.17, 15) is 14.7 Å². The van der Waals surface area contributed by atoms with E-state index in [1.54, 1.807) is 26.0 Å². The predicted molar refractivity (Wildman–Crippen MR) is 99.1 cm³/mol. The van der Waals surface area contributed by atoms with Gasteiger partial charge in [0.15, 0.2) is 11.5 Å². The molecule has 142 valence electrons. The summed E-state index contributed by atoms with van der Waals surface area (Å²) < 4.78 is 11.0. The second kappa shape index (κ2) is 7.70. The Morgan fingerprint density at radius 1 is 1.30 bits per heavy atom. The Balaban J connectivity index is 1.98. The number of benzene rings is 1. The zero-order valence-electron chi connectivity index (χ0n) is 15.6. The van der Waals surface area contributed by atoms with Gasteiger partial charge in [0, 0.05) is 12.5 Å². The number of ketones is 1. The Hall–Kier alpha value is -3.02. The molecular formula is C21H23NO5. The highest BCUT2D eigenvalue weighted by Gasteiger charge is 2.45. The van der Waals surface area contributed by atoms with Gasteiger partial charge in [-0.3, -0.25) is 9.59 Å². The van der Waals surface area contributed by atoms with Crippen molar-refractivity contribution in [1.82, 2.24) is 4.90 Å². The second-order valence-corrected chi connectivity index (χ2v) is 6.71. The Kier molecular flexibility index (Phi) is 5.35. The SMILES string of the molecule is CCOc1cccc(CN2C(=O)C(O)=C(C(=O)C(C)C)C2c2ccco2)c1. The van der Waals surface area contributed by atoms with E-state index in [1.165, 1.54) is 11.2 Å². The molecule has 0 fully saturated rings. The van der Waals surface area contributed by atoms with E-state index in [-0.39, 0.29) is 23.8 Å². The number of Topliss-reactive ketones (excluding diaryl/α,β-unsaturated/α-hetero) is 1. The average Bonchev–Trinajstić information content (AvgIpc) is 3.24. The van der Waals surface area contributed by atoms with E-state index < -0.39 is 17.7 Å². The lowest BCUT2D eigenvalue weighted by atomic mass is 9.94. The summed E-state index contributed by atoms with van der Waals surface area (Å²) in [6.07, 6.45) is 1.49. The van der Waals surface area contributed by atoms with Crippen LogP contribution in [0.4, 0.5) is 0 Å². The van der Waals surface area contributed by atoms with Crippen molar-refractivity contribution in [3.63, 3.8) is 0 Å². The van der Waals surface area contributed by atoms with E-state index in [4.69, 9.17) is 9.15 Å². The molecule has 0 bridgehead atoms. The molecule has 1 atom stereocenters. The number of carbonyl (C=O) groups excluding carboxylic acids is 2. The van der Waals surface area contributed by atoms with Gasteiger partial charge < -0.3 is 19.2 Å². The minimum atomic E-state index is -0.752. The lowest BCUT2D eigenvalue weighted by molar-refractivity contribution is -0.130. The first-order valence-electron chi connectivity index (χ1n) is 8.97. The van der Waals surface area contributed by atoms with Crippen LogP contribution in [-0.4, -0.2) is 28.3 Å². The molecule has 2 aromatic rings. The number of ether oxygens (including phenoxy) is 1. The Labute approximate surface area is 158 Å². The van der Waals surface area contributed by atoms with E-state index in [1.807, 2.05) is 31.2 Å². The standard InChI is InChI=1S/C21H23NO5/c1-4-26-15-8-5-7-14(11-15)12-22-18(16-9-6-10-27-16)17(19(23)13(2)3)20(24)21(22)25/h5-11,13,18,24H,4,12H2,1-3H3. The molecular weight excluding hydrogens is 346 g/mol. The largest absolute Gasteiger partial charge is 0.503 e. The smallest absolute Gasteiger partial charge is 0.290 e. The molecule has 6 heteroatoms. The maximum atomic E-state index is 12.8. The summed E-state index contributed by atoms with van der Waals surface area (Å²) in [5, 5.41) is 10.4. The van der Waals surface area contributed by atoms with Crippen molar-refractivity contribution >= 4 is 11.7 Å². The van der Waals surface area contributed by atoms with Crippen molar-refractivity contribution in [3.05, 3.63) is 65.3 Å². The van der Waals surface area contributed by atoms with Gasteiger partial charge in [-0.1, -0.05) is 26.0 Å². The van der Waals surface area contributed by atoms with E-state index >= 15 is 0 Å². The zero-order valence-corrected chi connectivity index (χ0v) is 15.6. The molecule has 1 N–H and O–H groups in total. The van der Waals surface area contributed by atoms with Crippen LogP contribution in [-0.2, 0) is 16.1 Å². The van der Waals surface area contributed by atoms with Gasteiger partial charge in [-0.15, -0.1) is 0 Å².